The third-order valence-corrected chi connectivity index (χ3v) is 3.33. The normalized spacial score (nSPS) is 12.2. The van der Waals surface area contributed by atoms with Crippen LogP contribution in [0, 0.1) is 0 Å². The molecule has 0 amide bonds. The second kappa shape index (κ2) is 6.31. The predicted molar refractivity (Wildman–Crippen MR) is 77.9 cm³/mol. The van der Waals surface area contributed by atoms with Crippen molar-refractivity contribution in [3.05, 3.63) is 46.1 Å². The molecule has 1 aromatic carbocycles. The quantitative estimate of drug-likeness (QED) is 0.880. The number of ether oxygens (including phenoxy) is 1. The first-order valence-electron chi connectivity index (χ1n) is 5.89. The topological polar surface area (TPSA) is 65.5 Å². The minimum absolute atomic E-state index is 0.262. The van der Waals surface area contributed by atoms with Crippen molar-refractivity contribution in [2.24, 2.45) is 5.73 Å². The lowest BCUT2D eigenvalue weighted by Gasteiger charge is -2.06. The van der Waals surface area contributed by atoms with Gasteiger partial charge in [-0.05, 0) is 30.3 Å². The molecule has 2 N–H and O–H groups in total. The summed E-state index contributed by atoms with van der Waals surface area (Å²) < 4.78 is 10.2. The van der Waals surface area contributed by atoms with E-state index in [1.54, 1.807) is 30.3 Å². The summed E-state index contributed by atoms with van der Waals surface area (Å²) in [4.78, 5) is 11.3. The summed E-state index contributed by atoms with van der Waals surface area (Å²) in [5, 5.41) is 1.05. The van der Waals surface area contributed by atoms with Crippen LogP contribution in [-0.4, -0.2) is 19.1 Å². The van der Waals surface area contributed by atoms with Gasteiger partial charge >= 0.3 is 5.97 Å². The van der Waals surface area contributed by atoms with Crippen LogP contribution >= 0.6 is 23.2 Å². The van der Waals surface area contributed by atoms with Gasteiger partial charge in [0.2, 0.25) is 0 Å². The molecule has 0 bridgehead atoms. The van der Waals surface area contributed by atoms with Gasteiger partial charge in [-0.25, -0.2) is 0 Å². The van der Waals surface area contributed by atoms with Crippen molar-refractivity contribution in [3.8, 4) is 11.3 Å². The number of esters is 1. The van der Waals surface area contributed by atoms with Crippen molar-refractivity contribution in [3.63, 3.8) is 0 Å². The first-order chi connectivity index (χ1) is 9.51. The largest absolute Gasteiger partial charge is 0.468 e. The standard InChI is InChI=1S/C14H13Cl2NO3/c1-19-14(18)12(17)7-9-3-5-13(20-9)10-4-2-8(15)6-11(10)16/h2-6,12H,7,17H2,1H3. The lowest BCUT2D eigenvalue weighted by molar-refractivity contribution is -0.142. The van der Waals surface area contributed by atoms with Gasteiger partial charge in [0, 0.05) is 17.0 Å². The number of carbonyl (C=O) groups excluding carboxylic acids is 1. The van der Waals surface area contributed by atoms with E-state index in [9.17, 15) is 4.79 Å². The Morgan fingerprint density at radius 1 is 1.35 bits per heavy atom. The Morgan fingerprint density at radius 3 is 2.75 bits per heavy atom. The molecule has 0 saturated heterocycles. The van der Waals surface area contributed by atoms with E-state index in [4.69, 9.17) is 33.4 Å². The fourth-order valence-electron chi connectivity index (χ4n) is 1.77. The number of carbonyl (C=O) groups is 1. The number of nitrogens with two attached hydrogens (primary N) is 1. The summed E-state index contributed by atoms with van der Waals surface area (Å²) in [6, 6.07) is 7.91. The lowest BCUT2D eigenvalue weighted by Crippen LogP contribution is -2.33. The molecule has 4 nitrogen and oxygen atoms in total. The SMILES string of the molecule is COC(=O)C(N)Cc1ccc(-c2ccc(Cl)cc2Cl)o1. The van der Waals surface area contributed by atoms with Gasteiger partial charge in [0.1, 0.15) is 17.6 Å². The van der Waals surface area contributed by atoms with Crippen LogP contribution < -0.4 is 5.73 Å². The third-order valence-electron chi connectivity index (χ3n) is 2.78. The molecule has 1 aromatic heterocycles. The van der Waals surface area contributed by atoms with Crippen LogP contribution in [0.25, 0.3) is 11.3 Å². The van der Waals surface area contributed by atoms with Crippen LogP contribution in [-0.2, 0) is 16.0 Å². The van der Waals surface area contributed by atoms with Crippen LogP contribution in [0.2, 0.25) is 10.0 Å². The molecule has 1 unspecified atom stereocenters. The molecule has 0 radical (unpaired) electrons. The van der Waals surface area contributed by atoms with E-state index in [1.807, 2.05) is 0 Å². The van der Waals surface area contributed by atoms with Crippen LogP contribution in [0.5, 0.6) is 0 Å². The molecule has 20 heavy (non-hydrogen) atoms. The smallest absolute Gasteiger partial charge is 0.323 e. The molecule has 0 aliphatic carbocycles. The van der Waals surface area contributed by atoms with E-state index in [2.05, 4.69) is 4.74 Å². The van der Waals surface area contributed by atoms with Crippen LogP contribution in [0.15, 0.2) is 34.7 Å². The van der Waals surface area contributed by atoms with Gasteiger partial charge in [-0.15, -0.1) is 0 Å². The van der Waals surface area contributed by atoms with E-state index >= 15 is 0 Å². The Morgan fingerprint density at radius 2 is 2.10 bits per heavy atom. The zero-order chi connectivity index (χ0) is 14.7. The van der Waals surface area contributed by atoms with Gasteiger partial charge < -0.3 is 14.9 Å². The van der Waals surface area contributed by atoms with E-state index in [0.29, 0.717) is 21.6 Å². The Labute approximate surface area is 126 Å². The van der Waals surface area contributed by atoms with Gasteiger partial charge in [-0.2, -0.15) is 0 Å². The number of hydrogen-bond donors (Lipinski definition) is 1. The average molecular weight is 314 g/mol. The summed E-state index contributed by atoms with van der Waals surface area (Å²) in [5.74, 6) is 0.704. The zero-order valence-electron chi connectivity index (χ0n) is 10.7. The Hall–Kier alpha value is -1.49. The summed E-state index contributed by atoms with van der Waals surface area (Å²) >= 11 is 12.0. The van der Waals surface area contributed by atoms with E-state index in [1.165, 1.54) is 7.11 Å². The van der Waals surface area contributed by atoms with E-state index in [0.717, 1.165) is 5.56 Å². The molecular formula is C14H13Cl2NO3. The second-order valence-electron chi connectivity index (χ2n) is 4.22. The molecule has 2 rings (SSSR count). The first kappa shape index (κ1) is 14.9. The Balaban J connectivity index is 2.18. The summed E-state index contributed by atoms with van der Waals surface area (Å²) in [6.45, 7) is 0. The van der Waals surface area contributed by atoms with Crippen LogP contribution in [0.3, 0.4) is 0 Å². The number of halogens is 2. The molecule has 1 atom stereocenters. The van der Waals surface area contributed by atoms with Crippen molar-refractivity contribution in [1.29, 1.82) is 0 Å². The number of furan rings is 1. The van der Waals surface area contributed by atoms with Gasteiger partial charge in [-0.1, -0.05) is 23.2 Å². The van der Waals surface area contributed by atoms with Crippen molar-refractivity contribution in [2.75, 3.05) is 7.11 Å². The third kappa shape index (κ3) is 3.33. The van der Waals surface area contributed by atoms with Crippen molar-refractivity contribution in [1.82, 2.24) is 0 Å². The number of benzene rings is 1. The van der Waals surface area contributed by atoms with Crippen LogP contribution in [0.1, 0.15) is 5.76 Å². The molecule has 1 heterocycles. The molecule has 0 fully saturated rings. The van der Waals surface area contributed by atoms with Crippen molar-refractivity contribution in [2.45, 2.75) is 12.5 Å². The van der Waals surface area contributed by atoms with Gasteiger partial charge in [0.25, 0.3) is 0 Å². The molecule has 2 aromatic rings. The molecule has 0 saturated carbocycles. The van der Waals surface area contributed by atoms with Gasteiger partial charge in [0.05, 0.1) is 12.1 Å². The minimum atomic E-state index is -0.750. The highest BCUT2D eigenvalue weighted by molar-refractivity contribution is 6.36. The van der Waals surface area contributed by atoms with Gasteiger partial charge in [0.15, 0.2) is 0 Å². The molecule has 0 aliphatic rings. The maximum Gasteiger partial charge on any atom is 0.323 e. The first-order valence-corrected chi connectivity index (χ1v) is 6.64. The van der Waals surface area contributed by atoms with E-state index < -0.39 is 12.0 Å². The highest BCUT2D eigenvalue weighted by Crippen LogP contribution is 2.31. The van der Waals surface area contributed by atoms with Crippen molar-refractivity contribution >= 4 is 29.2 Å². The summed E-state index contributed by atoms with van der Waals surface area (Å²) in [5.41, 5.74) is 6.41. The monoisotopic (exact) mass is 313 g/mol. The number of methoxy groups -OCH3 is 1. The molecule has 0 spiro atoms. The molecular weight excluding hydrogens is 301 g/mol. The summed E-state index contributed by atoms with van der Waals surface area (Å²) in [7, 11) is 1.29. The average Bonchev–Trinajstić information content (AvgIpc) is 2.85. The predicted octanol–water partition coefficient (Wildman–Crippen LogP) is 3.30. The van der Waals surface area contributed by atoms with Gasteiger partial charge in [-0.3, -0.25) is 4.79 Å². The second-order valence-corrected chi connectivity index (χ2v) is 5.07. The zero-order valence-corrected chi connectivity index (χ0v) is 12.2. The summed E-state index contributed by atoms with van der Waals surface area (Å²) in [6.07, 6.45) is 0.262. The van der Waals surface area contributed by atoms with Crippen LogP contribution in [0.4, 0.5) is 0 Å². The van der Waals surface area contributed by atoms with Crippen molar-refractivity contribution < 1.29 is 13.9 Å². The number of rotatable bonds is 4. The fourth-order valence-corrected chi connectivity index (χ4v) is 2.27. The molecule has 0 aliphatic heterocycles. The molecule has 6 heteroatoms. The Kier molecular flexibility index (Phi) is 4.70. The highest BCUT2D eigenvalue weighted by atomic mass is 35.5. The highest BCUT2D eigenvalue weighted by Gasteiger charge is 2.17. The Bertz CT molecular complexity index is 625. The van der Waals surface area contributed by atoms with E-state index in [-0.39, 0.29) is 6.42 Å². The fraction of sp³-hybridized carbons (Fsp3) is 0.214. The minimum Gasteiger partial charge on any atom is -0.468 e. The maximum absolute atomic E-state index is 11.3. The maximum atomic E-state index is 11.3. The number of hydrogen-bond acceptors (Lipinski definition) is 4. The molecule has 106 valence electrons. The lowest BCUT2D eigenvalue weighted by atomic mass is 10.1.